The van der Waals surface area contributed by atoms with Gasteiger partial charge in [-0.1, -0.05) is 62.2 Å². The SMILES string of the molecule is CC(C)(C)C(NC(=O)c1cc2ccccc2[nH]1)C(=O)N1C[C@H]2N(C(=O)C3CN(S(=O)(=O)c4cc(Cl)ccc4Cl)C3)CC21C. The molecular weight excluding hydrogens is 613 g/mol. The van der Waals surface area contributed by atoms with Crippen molar-refractivity contribution in [2.24, 2.45) is 11.3 Å². The fourth-order valence-corrected chi connectivity index (χ4v) is 8.50. The van der Waals surface area contributed by atoms with Crippen LogP contribution in [0.1, 0.15) is 38.2 Å². The lowest BCUT2D eigenvalue weighted by Crippen LogP contribution is -2.89. The van der Waals surface area contributed by atoms with Crippen molar-refractivity contribution in [2.45, 2.75) is 50.2 Å². The Morgan fingerprint density at radius 1 is 1.05 bits per heavy atom. The number of likely N-dealkylation sites (tertiary alicyclic amines) is 2. The Kier molecular flexibility index (Phi) is 7.11. The summed E-state index contributed by atoms with van der Waals surface area (Å²) in [4.78, 5) is 46.9. The van der Waals surface area contributed by atoms with Crippen molar-refractivity contribution in [3.63, 3.8) is 0 Å². The zero-order chi connectivity index (χ0) is 31.1. The minimum absolute atomic E-state index is 0.0540. The lowest BCUT2D eigenvalue weighted by atomic mass is 9.70. The van der Waals surface area contributed by atoms with Crippen LogP contribution in [0.3, 0.4) is 0 Å². The Morgan fingerprint density at radius 2 is 1.74 bits per heavy atom. The van der Waals surface area contributed by atoms with Gasteiger partial charge in [0, 0.05) is 42.1 Å². The van der Waals surface area contributed by atoms with Crippen LogP contribution >= 0.6 is 23.2 Å². The summed E-state index contributed by atoms with van der Waals surface area (Å²) in [5.41, 5.74) is 0.104. The van der Waals surface area contributed by atoms with E-state index in [2.05, 4.69) is 10.3 Å². The lowest BCUT2D eigenvalue weighted by Gasteiger charge is -2.70. The molecule has 3 aliphatic heterocycles. The number of aromatic nitrogens is 1. The molecule has 0 spiro atoms. The van der Waals surface area contributed by atoms with E-state index in [9.17, 15) is 22.8 Å². The number of carbonyl (C=O) groups excluding carboxylic acids is 3. The molecule has 10 nitrogen and oxygen atoms in total. The second-order valence-corrected chi connectivity index (χ2v) is 15.7. The van der Waals surface area contributed by atoms with Crippen LogP contribution < -0.4 is 5.32 Å². The molecule has 2 N–H and O–H groups in total. The van der Waals surface area contributed by atoms with Crippen LogP contribution in [0.25, 0.3) is 10.9 Å². The van der Waals surface area contributed by atoms with Gasteiger partial charge in [-0.05, 0) is 42.7 Å². The zero-order valence-electron chi connectivity index (χ0n) is 24.2. The van der Waals surface area contributed by atoms with Gasteiger partial charge in [-0.3, -0.25) is 14.4 Å². The number of sulfonamides is 1. The number of piperazine rings is 1. The first-order valence-electron chi connectivity index (χ1n) is 14.1. The third kappa shape index (κ3) is 4.90. The second-order valence-electron chi connectivity index (χ2n) is 12.9. The molecule has 0 aliphatic carbocycles. The summed E-state index contributed by atoms with van der Waals surface area (Å²) in [6.07, 6.45) is 0. The fourth-order valence-electron chi connectivity index (χ4n) is 6.23. The minimum Gasteiger partial charge on any atom is -0.351 e. The quantitative estimate of drug-likeness (QED) is 0.423. The van der Waals surface area contributed by atoms with Crippen LogP contribution in [0.4, 0.5) is 0 Å². The topological polar surface area (TPSA) is 123 Å². The zero-order valence-corrected chi connectivity index (χ0v) is 26.6. The number of aromatic amines is 1. The average Bonchev–Trinajstić information content (AvgIpc) is 3.34. The smallest absolute Gasteiger partial charge is 0.268 e. The van der Waals surface area contributed by atoms with Crippen molar-refractivity contribution in [1.29, 1.82) is 0 Å². The largest absolute Gasteiger partial charge is 0.351 e. The molecule has 3 saturated heterocycles. The van der Waals surface area contributed by atoms with Gasteiger partial charge < -0.3 is 20.1 Å². The molecule has 3 aliphatic rings. The molecule has 3 fully saturated rings. The number of rotatable bonds is 6. The normalized spacial score (nSPS) is 23.2. The van der Waals surface area contributed by atoms with E-state index in [1.165, 1.54) is 22.5 Å². The Hall–Kier alpha value is -3.12. The van der Waals surface area contributed by atoms with Crippen molar-refractivity contribution in [3.05, 3.63) is 64.3 Å². The number of carbonyl (C=O) groups is 3. The number of amides is 3. The fraction of sp³-hybridized carbons (Fsp3) is 0.433. The number of fused-ring (bicyclic) bond motifs is 2. The molecule has 228 valence electrons. The number of H-pyrrole nitrogens is 1. The van der Waals surface area contributed by atoms with Gasteiger partial charge in [-0.2, -0.15) is 4.31 Å². The number of nitrogens with zero attached hydrogens (tertiary/aromatic N) is 3. The highest BCUT2D eigenvalue weighted by atomic mass is 35.5. The summed E-state index contributed by atoms with van der Waals surface area (Å²) in [6, 6.07) is 12.7. The number of hydrogen-bond acceptors (Lipinski definition) is 5. The monoisotopic (exact) mass is 645 g/mol. The van der Waals surface area contributed by atoms with E-state index in [0.29, 0.717) is 18.8 Å². The third-order valence-electron chi connectivity index (χ3n) is 8.98. The van der Waals surface area contributed by atoms with Gasteiger partial charge in [0.2, 0.25) is 21.8 Å². The van der Waals surface area contributed by atoms with E-state index in [1.807, 2.05) is 52.0 Å². The lowest BCUT2D eigenvalue weighted by molar-refractivity contribution is -0.210. The molecule has 1 aromatic heterocycles. The van der Waals surface area contributed by atoms with Gasteiger partial charge in [-0.25, -0.2) is 8.42 Å². The molecule has 3 atom stereocenters. The van der Waals surface area contributed by atoms with E-state index in [0.717, 1.165) is 10.9 Å². The molecule has 2 unspecified atom stereocenters. The van der Waals surface area contributed by atoms with Gasteiger partial charge in [0.1, 0.15) is 16.6 Å². The maximum atomic E-state index is 13.8. The molecular formula is C30H33Cl2N5O5S. The van der Waals surface area contributed by atoms with Crippen molar-refractivity contribution in [2.75, 3.05) is 26.2 Å². The van der Waals surface area contributed by atoms with Crippen LogP contribution in [0.5, 0.6) is 0 Å². The van der Waals surface area contributed by atoms with Crippen LogP contribution in [0, 0.1) is 11.3 Å². The molecule has 3 amide bonds. The molecule has 3 aromatic rings. The van der Waals surface area contributed by atoms with E-state index in [-0.39, 0.29) is 51.8 Å². The summed E-state index contributed by atoms with van der Waals surface area (Å²) in [5, 5.41) is 4.18. The van der Waals surface area contributed by atoms with E-state index in [1.54, 1.807) is 15.9 Å². The van der Waals surface area contributed by atoms with Crippen molar-refractivity contribution in [1.82, 2.24) is 24.4 Å². The molecule has 13 heteroatoms. The van der Waals surface area contributed by atoms with Crippen molar-refractivity contribution in [3.8, 4) is 0 Å². The van der Waals surface area contributed by atoms with Crippen LogP contribution in [-0.4, -0.2) is 89.0 Å². The Morgan fingerprint density at radius 3 is 2.37 bits per heavy atom. The summed E-state index contributed by atoms with van der Waals surface area (Å²) in [5.74, 6) is -1.15. The summed E-state index contributed by atoms with van der Waals surface area (Å²) < 4.78 is 27.3. The first-order valence-corrected chi connectivity index (χ1v) is 16.3. The Balaban J connectivity index is 1.08. The maximum absolute atomic E-state index is 13.8. The van der Waals surface area contributed by atoms with Crippen LogP contribution in [-0.2, 0) is 19.6 Å². The third-order valence-corrected chi connectivity index (χ3v) is 11.5. The summed E-state index contributed by atoms with van der Waals surface area (Å²) in [6.45, 7) is 8.47. The van der Waals surface area contributed by atoms with Gasteiger partial charge >= 0.3 is 0 Å². The molecule has 0 bridgehead atoms. The first-order chi connectivity index (χ1) is 20.1. The number of nitrogens with one attached hydrogen (secondary N) is 2. The average molecular weight is 647 g/mol. The number of benzene rings is 2. The standard InChI is InChI=1S/C30H33Cl2N5O5S/c1-29(2,3)25(34-26(38)22-11-17-7-5-6-8-21(17)33-22)28(40)37-15-24-30(37,4)16-36(24)27(39)18-13-35(14-18)43(41,42)23-12-19(31)9-10-20(23)32/h5-12,18,24-25,33H,13-16H2,1-4H3,(H,34,38)/t24-,25?,30?/m1/s1. The minimum atomic E-state index is -3.88. The summed E-state index contributed by atoms with van der Waals surface area (Å²) >= 11 is 12.1. The highest BCUT2D eigenvalue weighted by molar-refractivity contribution is 7.89. The molecule has 0 saturated carbocycles. The molecule has 6 rings (SSSR count). The highest BCUT2D eigenvalue weighted by Gasteiger charge is 2.66. The molecule has 4 heterocycles. The first kappa shape index (κ1) is 29.9. The predicted octanol–water partition coefficient (Wildman–Crippen LogP) is 3.75. The van der Waals surface area contributed by atoms with Crippen LogP contribution in [0.2, 0.25) is 10.0 Å². The van der Waals surface area contributed by atoms with Gasteiger partial charge in [-0.15, -0.1) is 0 Å². The van der Waals surface area contributed by atoms with Crippen LogP contribution in [0.15, 0.2) is 53.4 Å². The predicted molar refractivity (Wildman–Crippen MR) is 163 cm³/mol. The van der Waals surface area contributed by atoms with E-state index in [4.69, 9.17) is 23.2 Å². The Bertz CT molecular complexity index is 1730. The maximum Gasteiger partial charge on any atom is 0.268 e. The van der Waals surface area contributed by atoms with Gasteiger partial charge in [0.25, 0.3) is 5.91 Å². The van der Waals surface area contributed by atoms with E-state index >= 15 is 0 Å². The molecule has 43 heavy (non-hydrogen) atoms. The van der Waals surface area contributed by atoms with Gasteiger partial charge in [0.05, 0.1) is 22.5 Å². The Labute approximate surface area is 260 Å². The second kappa shape index (κ2) is 10.2. The number of hydrogen-bond donors (Lipinski definition) is 2. The van der Waals surface area contributed by atoms with Crippen molar-refractivity contribution >= 4 is 61.8 Å². The number of halogens is 2. The number of para-hydroxylation sites is 1. The van der Waals surface area contributed by atoms with Crippen molar-refractivity contribution < 1.29 is 22.8 Å². The van der Waals surface area contributed by atoms with Gasteiger partial charge in [0.15, 0.2) is 0 Å². The molecule has 2 aromatic carbocycles. The van der Waals surface area contributed by atoms with E-state index < -0.39 is 32.9 Å². The highest BCUT2D eigenvalue weighted by Crippen LogP contribution is 2.46. The summed E-state index contributed by atoms with van der Waals surface area (Å²) in [7, 11) is -3.88. The molecule has 0 radical (unpaired) electrons.